The van der Waals surface area contributed by atoms with Gasteiger partial charge in [0.25, 0.3) is 5.69 Å². The lowest BCUT2D eigenvalue weighted by Crippen LogP contribution is -2.14. The Balaban J connectivity index is 1.46. The fourth-order valence-electron chi connectivity index (χ4n) is 3.10. The van der Waals surface area contributed by atoms with E-state index < -0.39 is 4.92 Å². The molecule has 0 aliphatic rings. The molecule has 1 N–H and O–H groups in total. The summed E-state index contributed by atoms with van der Waals surface area (Å²) in [5, 5.41) is 13.7. The summed E-state index contributed by atoms with van der Waals surface area (Å²) < 4.78 is 5.42. The van der Waals surface area contributed by atoms with Gasteiger partial charge in [0.1, 0.15) is 12.0 Å². The fourth-order valence-corrected chi connectivity index (χ4v) is 3.10. The second kappa shape index (κ2) is 10.7. The van der Waals surface area contributed by atoms with Crippen molar-refractivity contribution in [1.29, 1.82) is 0 Å². The predicted octanol–water partition coefficient (Wildman–Crippen LogP) is 4.56. The second-order valence-electron chi connectivity index (χ2n) is 6.74. The van der Waals surface area contributed by atoms with Gasteiger partial charge in [0.2, 0.25) is 0 Å². The van der Waals surface area contributed by atoms with Crippen molar-refractivity contribution in [2.45, 2.75) is 18.8 Å². The molecule has 1 heterocycles. The lowest BCUT2D eigenvalue weighted by molar-refractivity contribution is -0.385. The summed E-state index contributed by atoms with van der Waals surface area (Å²) in [6.45, 7) is 0.827. The first-order chi connectivity index (χ1) is 14.6. The molecule has 1 aromatic heterocycles. The van der Waals surface area contributed by atoms with E-state index in [-0.39, 0.29) is 30.6 Å². The van der Waals surface area contributed by atoms with Crippen molar-refractivity contribution < 1.29 is 14.5 Å². The summed E-state index contributed by atoms with van der Waals surface area (Å²) in [7, 11) is 0. The molecule has 7 heteroatoms. The van der Waals surface area contributed by atoms with Gasteiger partial charge in [-0.05, 0) is 23.6 Å². The summed E-state index contributed by atoms with van der Waals surface area (Å²) in [4.78, 5) is 26.5. The maximum absolute atomic E-state index is 12.4. The average molecular weight is 405 g/mol. The Labute approximate surface area is 174 Å². The molecule has 0 radical (unpaired) electrons. The third-order valence-corrected chi connectivity index (χ3v) is 4.62. The summed E-state index contributed by atoms with van der Waals surface area (Å²) in [6, 6.07) is 22.8. The van der Waals surface area contributed by atoms with Gasteiger partial charge < -0.3 is 10.1 Å². The average Bonchev–Trinajstić information content (AvgIpc) is 2.79. The number of esters is 1. The Bertz CT molecular complexity index is 908. The van der Waals surface area contributed by atoms with Crippen LogP contribution >= 0.6 is 0 Å². The van der Waals surface area contributed by atoms with Crippen molar-refractivity contribution in [3.63, 3.8) is 0 Å². The van der Waals surface area contributed by atoms with E-state index in [0.717, 1.165) is 11.1 Å². The highest BCUT2D eigenvalue weighted by Crippen LogP contribution is 2.28. The van der Waals surface area contributed by atoms with Crippen molar-refractivity contribution in [2.24, 2.45) is 0 Å². The number of hydrogen-bond acceptors (Lipinski definition) is 6. The van der Waals surface area contributed by atoms with E-state index >= 15 is 0 Å². The number of ether oxygens (including phenoxy) is 1. The lowest BCUT2D eigenvalue weighted by Gasteiger charge is -2.17. The Morgan fingerprint density at radius 2 is 1.63 bits per heavy atom. The van der Waals surface area contributed by atoms with Crippen LogP contribution in [-0.4, -0.2) is 29.0 Å². The zero-order valence-corrected chi connectivity index (χ0v) is 16.4. The van der Waals surface area contributed by atoms with E-state index in [2.05, 4.69) is 10.3 Å². The number of nitro groups is 1. The molecule has 0 aliphatic heterocycles. The normalized spacial score (nSPS) is 10.6. The number of carbonyl (C=O) groups is 1. The van der Waals surface area contributed by atoms with Gasteiger partial charge in [0, 0.05) is 18.5 Å². The van der Waals surface area contributed by atoms with Crippen LogP contribution in [0.25, 0.3) is 0 Å². The lowest BCUT2D eigenvalue weighted by atomic mass is 9.89. The van der Waals surface area contributed by atoms with Crippen molar-refractivity contribution in [1.82, 2.24) is 4.98 Å². The van der Waals surface area contributed by atoms with E-state index in [1.54, 1.807) is 6.07 Å². The summed E-state index contributed by atoms with van der Waals surface area (Å²) >= 11 is 0. The van der Waals surface area contributed by atoms with Crippen LogP contribution in [0.4, 0.5) is 11.5 Å². The number of nitrogens with zero attached hydrogens (tertiary/aromatic N) is 2. The minimum Gasteiger partial charge on any atom is -0.466 e. The first-order valence-corrected chi connectivity index (χ1v) is 9.73. The predicted molar refractivity (Wildman–Crippen MR) is 114 cm³/mol. The first-order valence-electron chi connectivity index (χ1n) is 9.73. The first kappa shape index (κ1) is 21.0. The highest BCUT2D eigenvalue weighted by molar-refractivity contribution is 5.71. The fraction of sp³-hybridized carbons (Fsp3) is 0.217. The molecule has 3 rings (SSSR count). The third-order valence-electron chi connectivity index (χ3n) is 4.62. The molecular weight excluding hydrogens is 382 g/mol. The van der Waals surface area contributed by atoms with Crippen molar-refractivity contribution in [3.8, 4) is 0 Å². The highest BCUT2D eigenvalue weighted by atomic mass is 16.6. The Hall–Kier alpha value is -3.74. The molecule has 154 valence electrons. The van der Waals surface area contributed by atoms with Crippen LogP contribution in [0.3, 0.4) is 0 Å². The minimum absolute atomic E-state index is 0.0534. The SMILES string of the molecule is O=C(CC(c1ccccc1)c1ccccc1)OCCCNc1ccc([N+](=O)[O-])cn1. The summed E-state index contributed by atoms with van der Waals surface area (Å²) in [6.07, 6.45) is 2.08. The van der Waals surface area contributed by atoms with Gasteiger partial charge in [-0.25, -0.2) is 4.98 Å². The molecule has 0 unspecified atom stereocenters. The highest BCUT2D eigenvalue weighted by Gasteiger charge is 2.18. The Morgan fingerprint density at radius 3 is 2.17 bits per heavy atom. The van der Waals surface area contributed by atoms with E-state index in [4.69, 9.17) is 4.74 Å². The molecule has 2 aromatic carbocycles. The van der Waals surface area contributed by atoms with Crippen LogP contribution in [0, 0.1) is 10.1 Å². The molecule has 0 amide bonds. The molecular formula is C23H23N3O4. The molecule has 0 saturated carbocycles. The van der Waals surface area contributed by atoms with E-state index in [1.165, 1.54) is 12.3 Å². The third kappa shape index (κ3) is 6.13. The minimum atomic E-state index is -0.492. The Morgan fingerprint density at radius 1 is 1.00 bits per heavy atom. The molecule has 3 aromatic rings. The molecule has 30 heavy (non-hydrogen) atoms. The molecule has 7 nitrogen and oxygen atoms in total. The van der Waals surface area contributed by atoms with Crippen molar-refractivity contribution in [2.75, 3.05) is 18.5 Å². The number of rotatable bonds is 10. The van der Waals surface area contributed by atoms with E-state index in [0.29, 0.717) is 18.8 Å². The number of carbonyl (C=O) groups excluding carboxylic acids is 1. The van der Waals surface area contributed by atoms with E-state index in [9.17, 15) is 14.9 Å². The standard InChI is InChI=1S/C23H23N3O4/c27-23(30-15-7-14-24-22-13-12-20(17-25-22)26(28)29)16-21(18-8-3-1-4-9-18)19-10-5-2-6-11-19/h1-6,8-13,17,21H,7,14-16H2,(H,24,25). The maximum atomic E-state index is 12.4. The van der Waals surface area contributed by atoms with Crippen molar-refractivity contribution in [3.05, 3.63) is 100 Å². The summed E-state index contributed by atoms with van der Waals surface area (Å²) in [5.74, 6) is 0.239. The smallest absolute Gasteiger partial charge is 0.306 e. The largest absolute Gasteiger partial charge is 0.466 e. The maximum Gasteiger partial charge on any atom is 0.306 e. The van der Waals surface area contributed by atoms with Gasteiger partial charge in [-0.1, -0.05) is 60.7 Å². The number of aromatic nitrogens is 1. The Kier molecular flexibility index (Phi) is 7.49. The van der Waals surface area contributed by atoms with E-state index in [1.807, 2.05) is 60.7 Å². The quantitative estimate of drug-likeness (QED) is 0.230. The van der Waals surface area contributed by atoms with Crippen molar-refractivity contribution >= 4 is 17.5 Å². The van der Waals surface area contributed by atoms with Gasteiger partial charge in [0.05, 0.1) is 18.0 Å². The van der Waals surface area contributed by atoms with Gasteiger partial charge >= 0.3 is 5.97 Å². The van der Waals surface area contributed by atoms with Crippen LogP contribution in [0.1, 0.15) is 29.9 Å². The zero-order valence-electron chi connectivity index (χ0n) is 16.4. The molecule has 0 spiro atoms. The number of pyridine rings is 1. The van der Waals surface area contributed by atoms with Crippen LogP contribution in [-0.2, 0) is 9.53 Å². The number of nitrogens with one attached hydrogen (secondary N) is 1. The van der Waals surface area contributed by atoms with Gasteiger partial charge in [-0.3, -0.25) is 14.9 Å². The molecule has 0 aliphatic carbocycles. The number of hydrogen-bond donors (Lipinski definition) is 1. The van der Waals surface area contributed by atoms with Crippen LogP contribution in [0.15, 0.2) is 79.0 Å². The van der Waals surface area contributed by atoms with Crippen LogP contribution < -0.4 is 5.32 Å². The summed E-state index contributed by atoms with van der Waals surface area (Å²) in [5.41, 5.74) is 2.10. The number of anilines is 1. The van der Waals surface area contributed by atoms with Gasteiger partial charge in [-0.2, -0.15) is 0 Å². The molecule has 0 saturated heterocycles. The zero-order chi connectivity index (χ0) is 21.2. The van der Waals surface area contributed by atoms with Crippen LogP contribution in [0.2, 0.25) is 0 Å². The monoisotopic (exact) mass is 405 g/mol. The van der Waals surface area contributed by atoms with Gasteiger partial charge in [0.15, 0.2) is 0 Å². The number of benzene rings is 2. The molecule has 0 atom stereocenters. The molecule has 0 fully saturated rings. The topological polar surface area (TPSA) is 94.4 Å². The van der Waals surface area contributed by atoms with Gasteiger partial charge in [-0.15, -0.1) is 0 Å². The second-order valence-corrected chi connectivity index (χ2v) is 6.74. The molecule has 0 bridgehead atoms. The van der Waals surface area contributed by atoms with Crippen LogP contribution in [0.5, 0.6) is 0 Å².